The summed E-state index contributed by atoms with van der Waals surface area (Å²) in [5.74, 6) is 0. The Hall–Kier alpha value is -1.62. The number of benzene rings is 2. The number of hydrogen-bond donors (Lipinski definition) is 1. The van der Waals surface area contributed by atoms with E-state index >= 15 is 0 Å². The monoisotopic (exact) mass is 360 g/mol. The van der Waals surface area contributed by atoms with Gasteiger partial charge in [0.25, 0.3) is 0 Å². The highest BCUT2D eigenvalue weighted by Crippen LogP contribution is 2.28. The van der Waals surface area contributed by atoms with Crippen LogP contribution in [0.2, 0.25) is 0 Å². The lowest BCUT2D eigenvalue weighted by Gasteiger charge is -1.97. The van der Waals surface area contributed by atoms with Gasteiger partial charge in [-0.15, -0.1) is 0 Å². The first-order chi connectivity index (χ1) is 8.81. The van der Waals surface area contributed by atoms with Crippen LogP contribution in [0.3, 0.4) is 0 Å². The summed E-state index contributed by atoms with van der Waals surface area (Å²) in [7, 11) is 2.05. The molecule has 2 heterocycles. The van der Waals surface area contributed by atoms with Gasteiger partial charge < -0.3 is 29.0 Å². The zero-order valence-electron chi connectivity index (χ0n) is 10.5. The van der Waals surface area contributed by atoms with Gasteiger partial charge in [0.05, 0.1) is 10.9 Å². The van der Waals surface area contributed by atoms with Crippen molar-refractivity contribution in [3.05, 3.63) is 54.9 Å². The second kappa shape index (κ2) is 4.49. The van der Waals surface area contributed by atoms with Crippen molar-refractivity contribution in [1.29, 1.82) is 0 Å². The molecule has 0 amide bonds. The van der Waals surface area contributed by atoms with Gasteiger partial charge in [0.15, 0.2) is 12.4 Å². The molecule has 2 aromatic heterocycles. The van der Waals surface area contributed by atoms with Crippen LogP contribution in [0, 0.1) is 0 Å². The van der Waals surface area contributed by atoms with Crippen molar-refractivity contribution in [2.24, 2.45) is 7.05 Å². The summed E-state index contributed by atoms with van der Waals surface area (Å²) in [6.07, 6.45) is 4.24. The number of pyridine rings is 1. The van der Waals surface area contributed by atoms with Crippen molar-refractivity contribution in [2.45, 2.75) is 0 Å². The van der Waals surface area contributed by atoms with Gasteiger partial charge in [-0.3, -0.25) is 0 Å². The molecule has 0 saturated carbocycles. The van der Waals surface area contributed by atoms with E-state index in [1.807, 2.05) is 0 Å². The number of rotatable bonds is 0. The Kier molecular flexibility index (Phi) is 2.93. The summed E-state index contributed by atoms with van der Waals surface area (Å²) in [6.45, 7) is 0. The van der Waals surface area contributed by atoms with E-state index < -0.39 is 0 Å². The first-order valence-electron chi connectivity index (χ1n) is 6.11. The van der Waals surface area contributed by atoms with Gasteiger partial charge in [0, 0.05) is 17.0 Å². The fraction of sp³-hybridized carbons (Fsp3) is 0.0625. The van der Waals surface area contributed by atoms with Crippen molar-refractivity contribution >= 4 is 32.6 Å². The van der Waals surface area contributed by atoms with Crippen LogP contribution in [-0.2, 0) is 7.05 Å². The predicted octanol–water partition coefficient (Wildman–Crippen LogP) is 0.303. The maximum Gasteiger partial charge on any atom is 0.178 e. The number of halogens is 1. The Morgan fingerprint density at radius 3 is 2.42 bits per heavy atom. The van der Waals surface area contributed by atoms with Crippen molar-refractivity contribution in [1.82, 2.24) is 4.98 Å². The Morgan fingerprint density at radius 2 is 1.63 bits per heavy atom. The smallest absolute Gasteiger partial charge is 0.178 e. The van der Waals surface area contributed by atoms with E-state index in [0.717, 1.165) is 0 Å². The van der Waals surface area contributed by atoms with Crippen molar-refractivity contribution < 1.29 is 28.5 Å². The highest BCUT2D eigenvalue weighted by molar-refractivity contribution is 6.11. The van der Waals surface area contributed by atoms with Crippen LogP contribution in [-0.4, -0.2) is 4.98 Å². The third-order valence-electron chi connectivity index (χ3n) is 3.54. The molecule has 19 heavy (non-hydrogen) atoms. The Labute approximate surface area is 128 Å². The molecule has 1 N–H and O–H groups in total. The Bertz CT molecular complexity index is 893. The maximum absolute atomic E-state index is 3.48. The molecule has 4 rings (SSSR count). The molecule has 2 aromatic carbocycles. The number of hydrogen-bond acceptors (Lipinski definition) is 0. The average Bonchev–Trinajstić information content (AvgIpc) is 2.73. The summed E-state index contributed by atoms with van der Waals surface area (Å²) < 4.78 is 2.09. The standard InChI is InChI=1S/C16H12N2.HI/c1-18-7-6-15-14(10-18)13-8-11-4-2-3-5-12(11)9-16(13)17-15;/h2-10H,1H3;1H. The van der Waals surface area contributed by atoms with Gasteiger partial charge in [-0.25, -0.2) is 4.57 Å². The number of aromatic nitrogens is 2. The van der Waals surface area contributed by atoms with E-state index in [1.54, 1.807) is 0 Å². The number of fused-ring (bicyclic) bond motifs is 4. The van der Waals surface area contributed by atoms with Gasteiger partial charge in [0.1, 0.15) is 7.05 Å². The average molecular weight is 360 g/mol. The Balaban J connectivity index is 0.00000110. The van der Waals surface area contributed by atoms with Gasteiger partial charge in [-0.2, -0.15) is 0 Å². The summed E-state index contributed by atoms with van der Waals surface area (Å²) in [6, 6.07) is 15.1. The highest BCUT2D eigenvalue weighted by Gasteiger charge is 2.08. The van der Waals surface area contributed by atoms with Crippen molar-refractivity contribution in [3.63, 3.8) is 0 Å². The van der Waals surface area contributed by atoms with Crippen LogP contribution >= 0.6 is 0 Å². The van der Waals surface area contributed by atoms with Gasteiger partial charge in [0.2, 0.25) is 0 Å². The van der Waals surface area contributed by atoms with Crippen molar-refractivity contribution in [3.8, 4) is 0 Å². The number of H-pyrrole nitrogens is 1. The normalized spacial score (nSPS) is 11.0. The van der Waals surface area contributed by atoms with E-state index in [0.29, 0.717) is 0 Å². The third-order valence-corrected chi connectivity index (χ3v) is 3.54. The first-order valence-corrected chi connectivity index (χ1v) is 6.11. The number of nitrogens with zero attached hydrogens (tertiary/aromatic N) is 1. The van der Waals surface area contributed by atoms with E-state index in [2.05, 4.69) is 71.5 Å². The minimum absolute atomic E-state index is 0. The maximum atomic E-state index is 3.48. The van der Waals surface area contributed by atoms with Gasteiger partial charge >= 0.3 is 0 Å². The predicted molar refractivity (Wildman–Crippen MR) is 74.5 cm³/mol. The molecule has 0 spiro atoms. The molecule has 0 aliphatic rings. The second-order valence-electron chi connectivity index (χ2n) is 4.81. The minimum atomic E-state index is 0. The lowest BCUT2D eigenvalue weighted by atomic mass is 10.1. The molecule has 0 aliphatic carbocycles. The van der Waals surface area contributed by atoms with Crippen LogP contribution in [0.5, 0.6) is 0 Å². The van der Waals surface area contributed by atoms with Crippen LogP contribution in [0.1, 0.15) is 0 Å². The molecule has 0 saturated heterocycles. The fourth-order valence-corrected chi connectivity index (χ4v) is 2.63. The number of aromatic amines is 1. The third kappa shape index (κ3) is 1.89. The second-order valence-corrected chi connectivity index (χ2v) is 4.81. The molecule has 0 bridgehead atoms. The van der Waals surface area contributed by atoms with E-state index in [1.165, 1.54) is 32.6 Å². The van der Waals surface area contributed by atoms with Crippen LogP contribution < -0.4 is 28.5 Å². The van der Waals surface area contributed by atoms with Crippen LogP contribution in [0.4, 0.5) is 0 Å². The molecular formula is C16H13IN2. The fourth-order valence-electron chi connectivity index (χ4n) is 2.63. The number of aryl methyl sites for hydroxylation is 1. The largest absolute Gasteiger partial charge is 1.00 e. The van der Waals surface area contributed by atoms with E-state index in [4.69, 9.17) is 0 Å². The van der Waals surface area contributed by atoms with Gasteiger partial charge in [-0.1, -0.05) is 24.3 Å². The first kappa shape index (κ1) is 12.4. The quantitative estimate of drug-likeness (QED) is 0.344. The molecule has 0 fully saturated rings. The molecule has 0 unspecified atom stereocenters. The summed E-state index contributed by atoms with van der Waals surface area (Å²) in [4.78, 5) is 3.48. The summed E-state index contributed by atoms with van der Waals surface area (Å²) >= 11 is 0. The lowest BCUT2D eigenvalue weighted by Crippen LogP contribution is -3.00. The van der Waals surface area contributed by atoms with Crippen LogP contribution in [0.25, 0.3) is 32.6 Å². The SMILES string of the molecule is C[n+]1ccc2[nH]c3cc4ccccc4cc3c2c1.[I-]. The zero-order valence-corrected chi connectivity index (χ0v) is 12.7. The molecular weight excluding hydrogens is 347 g/mol. The molecule has 0 atom stereocenters. The number of nitrogens with one attached hydrogen (secondary N) is 1. The topological polar surface area (TPSA) is 19.7 Å². The lowest BCUT2D eigenvalue weighted by molar-refractivity contribution is -0.670. The molecule has 4 aromatic rings. The van der Waals surface area contributed by atoms with E-state index in [9.17, 15) is 0 Å². The van der Waals surface area contributed by atoms with Crippen molar-refractivity contribution in [2.75, 3.05) is 0 Å². The molecule has 0 aliphatic heterocycles. The highest BCUT2D eigenvalue weighted by atomic mass is 127. The van der Waals surface area contributed by atoms with Gasteiger partial charge in [-0.05, 0) is 22.9 Å². The summed E-state index contributed by atoms with van der Waals surface area (Å²) in [5.41, 5.74) is 2.40. The van der Waals surface area contributed by atoms with Crippen LogP contribution in [0.15, 0.2) is 54.9 Å². The summed E-state index contributed by atoms with van der Waals surface area (Å²) in [5, 5.41) is 5.14. The zero-order chi connectivity index (χ0) is 12.1. The minimum Gasteiger partial charge on any atom is -1.00 e. The molecule has 3 heteroatoms. The van der Waals surface area contributed by atoms with E-state index in [-0.39, 0.29) is 24.0 Å². The molecule has 94 valence electrons. The Morgan fingerprint density at radius 1 is 0.895 bits per heavy atom. The molecule has 0 radical (unpaired) electrons. The molecule has 2 nitrogen and oxygen atoms in total.